The molecule has 0 aliphatic heterocycles. The first-order valence-corrected chi connectivity index (χ1v) is 6.97. The van der Waals surface area contributed by atoms with Crippen molar-refractivity contribution in [2.75, 3.05) is 19.7 Å². The normalized spacial score (nSPS) is 12.5. The zero-order valence-electron chi connectivity index (χ0n) is 12.9. The molecule has 0 aliphatic carbocycles. The lowest BCUT2D eigenvalue weighted by atomic mass is 9.84. The van der Waals surface area contributed by atoms with E-state index in [-0.39, 0.29) is 11.0 Å². The molecule has 1 rings (SSSR count). The Hall–Kier alpha value is -1.06. The van der Waals surface area contributed by atoms with Crippen LogP contribution in [0.2, 0.25) is 0 Å². The number of nitrogens with one attached hydrogen (secondary N) is 1. The van der Waals surface area contributed by atoms with E-state index >= 15 is 0 Å². The lowest BCUT2D eigenvalue weighted by Gasteiger charge is -2.28. The second kappa shape index (κ2) is 6.40. The van der Waals surface area contributed by atoms with Gasteiger partial charge in [0.15, 0.2) is 0 Å². The van der Waals surface area contributed by atoms with Crippen LogP contribution in [0.25, 0.3) is 0 Å². The molecule has 0 amide bonds. The summed E-state index contributed by atoms with van der Waals surface area (Å²) in [6, 6.07) is 8.35. The summed E-state index contributed by atoms with van der Waals surface area (Å²) in [7, 11) is 0. The summed E-state index contributed by atoms with van der Waals surface area (Å²) in [5.41, 5.74) is 7.19. The van der Waals surface area contributed by atoms with Crippen LogP contribution >= 0.6 is 0 Å². The van der Waals surface area contributed by atoms with Crippen LogP contribution in [0.3, 0.4) is 0 Å². The highest BCUT2D eigenvalue weighted by Crippen LogP contribution is 2.24. The fourth-order valence-electron chi connectivity index (χ4n) is 1.97. The molecule has 0 heterocycles. The maximum Gasteiger partial charge on any atom is 0.119 e. The summed E-state index contributed by atoms with van der Waals surface area (Å²) in [5.74, 6) is 0.929. The van der Waals surface area contributed by atoms with Gasteiger partial charge in [-0.15, -0.1) is 0 Å². The minimum atomic E-state index is -0.172. The Morgan fingerprint density at radius 3 is 2.11 bits per heavy atom. The third kappa shape index (κ3) is 5.62. The van der Waals surface area contributed by atoms with Crippen LogP contribution in [0.1, 0.15) is 40.2 Å². The van der Waals surface area contributed by atoms with Gasteiger partial charge in [0, 0.05) is 24.0 Å². The Morgan fingerprint density at radius 1 is 1.05 bits per heavy atom. The monoisotopic (exact) mass is 264 g/mol. The number of hydrogen-bond donors (Lipinski definition) is 2. The number of benzene rings is 1. The van der Waals surface area contributed by atoms with Crippen molar-refractivity contribution in [1.29, 1.82) is 0 Å². The highest BCUT2D eigenvalue weighted by atomic mass is 16.5. The van der Waals surface area contributed by atoms with Crippen LogP contribution in [0, 0.1) is 0 Å². The van der Waals surface area contributed by atoms with E-state index in [1.165, 1.54) is 5.56 Å². The van der Waals surface area contributed by atoms with Crippen LogP contribution < -0.4 is 15.8 Å². The van der Waals surface area contributed by atoms with E-state index in [1.807, 2.05) is 32.9 Å². The van der Waals surface area contributed by atoms with Gasteiger partial charge in [0.05, 0.1) is 6.61 Å². The van der Waals surface area contributed by atoms with Gasteiger partial charge in [-0.05, 0) is 38.5 Å². The number of hydrogen-bond acceptors (Lipinski definition) is 3. The Bertz CT molecular complexity index is 377. The van der Waals surface area contributed by atoms with Crippen molar-refractivity contribution in [3.8, 4) is 5.75 Å². The van der Waals surface area contributed by atoms with Crippen molar-refractivity contribution in [1.82, 2.24) is 5.32 Å². The first-order chi connectivity index (χ1) is 8.74. The predicted octanol–water partition coefficient (Wildman–Crippen LogP) is 2.69. The lowest BCUT2D eigenvalue weighted by Crippen LogP contribution is -2.46. The first kappa shape index (κ1) is 16.0. The Morgan fingerprint density at radius 2 is 1.63 bits per heavy atom. The number of rotatable bonds is 7. The predicted molar refractivity (Wildman–Crippen MR) is 81.8 cm³/mol. The summed E-state index contributed by atoms with van der Waals surface area (Å²) in [6.07, 6.45) is 0. The summed E-state index contributed by atoms with van der Waals surface area (Å²) in [6.45, 7) is 13.0. The average molecular weight is 264 g/mol. The van der Waals surface area contributed by atoms with Gasteiger partial charge in [-0.3, -0.25) is 0 Å². The van der Waals surface area contributed by atoms with Gasteiger partial charge < -0.3 is 15.8 Å². The lowest BCUT2D eigenvalue weighted by molar-refractivity contribution is 0.339. The van der Waals surface area contributed by atoms with E-state index in [1.54, 1.807) is 0 Å². The standard InChI is InChI=1S/C16H28N2O/c1-6-19-14-9-7-13(8-10-14)15(2,3)11-18-12-16(4,5)17/h7-10,18H,6,11-12,17H2,1-5H3. The molecule has 19 heavy (non-hydrogen) atoms. The molecule has 0 spiro atoms. The molecule has 108 valence electrons. The van der Waals surface area contributed by atoms with E-state index in [0.29, 0.717) is 6.61 Å². The molecule has 0 saturated carbocycles. The van der Waals surface area contributed by atoms with Gasteiger partial charge in [0.1, 0.15) is 5.75 Å². The van der Waals surface area contributed by atoms with Crippen molar-refractivity contribution >= 4 is 0 Å². The third-order valence-electron chi connectivity index (χ3n) is 3.09. The van der Waals surface area contributed by atoms with E-state index in [4.69, 9.17) is 10.5 Å². The quantitative estimate of drug-likeness (QED) is 0.796. The van der Waals surface area contributed by atoms with Crippen molar-refractivity contribution in [3.63, 3.8) is 0 Å². The highest BCUT2D eigenvalue weighted by molar-refractivity contribution is 5.31. The molecule has 1 aromatic carbocycles. The summed E-state index contributed by atoms with van der Waals surface area (Å²) in [5, 5.41) is 3.45. The Kier molecular flexibility index (Phi) is 5.39. The zero-order valence-corrected chi connectivity index (χ0v) is 12.9. The molecule has 0 bridgehead atoms. The molecule has 0 atom stereocenters. The smallest absolute Gasteiger partial charge is 0.119 e. The van der Waals surface area contributed by atoms with E-state index in [0.717, 1.165) is 18.8 Å². The van der Waals surface area contributed by atoms with Gasteiger partial charge in [-0.25, -0.2) is 0 Å². The molecule has 3 N–H and O–H groups in total. The van der Waals surface area contributed by atoms with Crippen LogP contribution in [-0.4, -0.2) is 25.2 Å². The topological polar surface area (TPSA) is 47.3 Å². The Labute approximate surface area is 117 Å². The fourth-order valence-corrected chi connectivity index (χ4v) is 1.97. The maximum atomic E-state index is 5.98. The summed E-state index contributed by atoms with van der Waals surface area (Å²) < 4.78 is 5.47. The van der Waals surface area contributed by atoms with E-state index in [2.05, 4.69) is 31.3 Å². The second-order valence-corrected chi connectivity index (χ2v) is 6.43. The van der Waals surface area contributed by atoms with Crippen molar-refractivity contribution in [2.24, 2.45) is 5.73 Å². The molecule has 0 radical (unpaired) electrons. The van der Waals surface area contributed by atoms with E-state index in [9.17, 15) is 0 Å². The molecule has 3 nitrogen and oxygen atoms in total. The van der Waals surface area contributed by atoms with Crippen molar-refractivity contribution in [2.45, 2.75) is 45.6 Å². The summed E-state index contributed by atoms with van der Waals surface area (Å²) in [4.78, 5) is 0. The zero-order chi connectivity index (χ0) is 14.5. The molecule has 0 saturated heterocycles. The van der Waals surface area contributed by atoms with Gasteiger partial charge in [-0.1, -0.05) is 26.0 Å². The molecule has 3 heteroatoms. The first-order valence-electron chi connectivity index (χ1n) is 6.97. The van der Waals surface area contributed by atoms with Gasteiger partial charge >= 0.3 is 0 Å². The third-order valence-corrected chi connectivity index (χ3v) is 3.09. The van der Waals surface area contributed by atoms with Crippen LogP contribution in [0.15, 0.2) is 24.3 Å². The molecule has 0 aliphatic rings. The molecule has 1 aromatic rings. The van der Waals surface area contributed by atoms with Gasteiger partial charge in [-0.2, -0.15) is 0 Å². The van der Waals surface area contributed by atoms with Crippen LogP contribution in [0.4, 0.5) is 0 Å². The SMILES string of the molecule is CCOc1ccc(C(C)(C)CNCC(C)(C)N)cc1. The van der Waals surface area contributed by atoms with Crippen molar-refractivity contribution < 1.29 is 4.74 Å². The Balaban J connectivity index is 2.60. The van der Waals surface area contributed by atoms with Crippen molar-refractivity contribution in [3.05, 3.63) is 29.8 Å². The highest BCUT2D eigenvalue weighted by Gasteiger charge is 2.21. The van der Waals surface area contributed by atoms with Crippen LogP contribution in [-0.2, 0) is 5.41 Å². The molecular formula is C16H28N2O. The maximum absolute atomic E-state index is 5.98. The molecule has 0 aromatic heterocycles. The minimum Gasteiger partial charge on any atom is -0.494 e. The van der Waals surface area contributed by atoms with Gasteiger partial charge in [0.25, 0.3) is 0 Å². The average Bonchev–Trinajstić information content (AvgIpc) is 2.28. The molecule has 0 fully saturated rings. The minimum absolute atomic E-state index is 0.0794. The largest absolute Gasteiger partial charge is 0.494 e. The second-order valence-electron chi connectivity index (χ2n) is 6.43. The van der Waals surface area contributed by atoms with Crippen LogP contribution in [0.5, 0.6) is 5.75 Å². The number of nitrogens with two attached hydrogens (primary N) is 1. The summed E-state index contributed by atoms with van der Waals surface area (Å²) >= 11 is 0. The van der Waals surface area contributed by atoms with Gasteiger partial charge in [0.2, 0.25) is 0 Å². The van der Waals surface area contributed by atoms with E-state index < -0.39 is 0 Å². The molecule has 0 unspecified atom stereocenters. The fraction of sp³-hybridized carbons (Fsp3) is 0.625. The number of ether oxygens (including phenoxy) is 1. The molecular weight excluding hydrogens is 236 g/mol.